The van der Waals surface area contributed by atoms with Crippen LogP contribution in [0.5, 0.6) is 0 Å². The lowest BCUT2D eigenvalue weighted by Crippen LogP contribution is -2.51. The Labute approximate surface area is 126 Å². The van der Waals surface area contributed by atoms with Crippen LogP contribution in [0, 0.1) is 0 Å². The lowest BCUT2D eigenvalue weighted by molar-refractivity contribution is -0.143. The number of rotatable bonds is 4. The van der Waals surface area contributed by atoms with Gasteiger partial charge in [0.25, 0.3) is 5.91 Å². The van der Waals surface area contributed by atoms with Crippen LogP contribution >= 0.6 is 11.6 Å². The maximum Gasteiger partial charge on any atom is 0.329 e. The molecule has 1 unspecified atom stereocenters. The van der Waals surface area contributed by atoms with Crippen LogP contribution in [-0.2, 0) is 4.79 Å². The second-order valence-electron chi connectivity index (χ2n) is 4.95. The highest BCUT2D eigenvalue weighted by molar-refractivity contribution is 6.30. The molecule has 5 nitrogen and oxygen atoms in total. The third-order valence-corrected chi connectivity index (χ3v) is 3.69. The van der Waals surface area contributed by atoms with Gasteiger partial charge >= 0.3 is 5.97 Å². The van der Waals surface area contributed by atoms with E-state index in [1.54, 1.807) is 31.2 Å². The minimum absolute atomic E-state index is 0.187. The number of hydrogen-bond donors (Lipinski definition) is 2. The zero-order chi connectivity index (χ0) is 15.6. The molecule has 110 valence electrons. The monoisotopic (exact) mass is 306 g/mol. The molecule has 0 aliphatic carbocycles. The Kier molecular flexibility index (Phi) is 4.14. The number of carbonyl (C=O) groups is 2. The first-order valence-corrected chi connectivity index (χ1v) is 6.86. The topological polar surface area (TPSA) is 79.3 Å². The van der Waals surface area contributed by atoms with Crippen LogP contribution in [-0.4, -0.2) is 27.5 Å². The Morgan fingerprint density at radius 2 is 2.05 bits per heavy atom. The number of hydrogen-bond acceptors (Lipinski definition) is 3. The number of pyridine rings is 1. The Balaban J connectivity index is 2.47. The van der Waals surface area contributed by atoms with Crippen molar-refractivity contribution < 1.29 is 14.7 Å². The van der Waals surface area contributed by atoms with E-state index >= 15 is 0 Å². The van der Waals surface area contributed by atoms with E-state index in [4.69, 9.17) is 11.6 Å². The number of carboxylic acid groups (broad SMARTS) is 1. The van der Waals surface area contributed by atoms with Crippen molar-refractivity contribution >= 4 is 34.4 Å². The summed E-state index contributed by atoms with van der Waals surface area (Å²) in [7, 11) is 0. The van der Waals surface area contributed by atoms with Crippen molar-refractivity contribution in [3.05, 3.63) is 41.0 Å². The summed E-state index contributed by atoms with van der Waals surface area (Å²) >= 11 is 5.93. The van der Waals surface area contributed by atoms with E-state index in [1.165, 1.54) is 13.0 Å². The smallest absolute Gasteiger partial charge is 0.329 e. The van der Waals surface area contributed by atoms with E-state index in [0.29, 0.717) is 16.5 Å². The van der Waals surface area contributed by atoms with E-state index in [0.717, 1.165) is 0 Å². The molecule has 2 aromatic rings. The van der Waals surface area contributed by atoms with E-state index in [-0.39, 0.29) is 11.6 Å². The summed E-state index contributed by atoms with van der Waals surface area (Å²) in [6.07, 6.45) is 0.269. The number of nitrogens with zero attached hydrogens (tertiary/aromatic N) is 1. The number of nitrogens with one attached hydrogen (secondary N) is 1. The van der Waals surface area contributed by atoms with Crippen molar-refractivity contribution in [1.82, 2.24) is 10.3 Å². The van der Waals surface area contributed by atoms with Gasteiger partial charge in [-0.2, -0.15) is 0 Å². The Morgan fingerprint density at radius 1 is 1.38 bits per heavy atom. The van der Waals surface area contributed by atoms with Crippen molar-refractivity contribution in [2.75, 3.05) is 0 Å². The number of halogens is 1. The molecule has 0 aliphatic heterocycles. The van der Waals surface area contributed by atoms with Gasteiger partial charge in [-0.1, -0.05) is 36.7 Å². The normalized spacial score (nSPS) is 13.7. The van der Waals surface area contributed by atoms with Crippen molar-refractivity contribution in [1.29, 1.82) is 0 Å². The summed E-state index contributed by atoms with van der Waals surface area (Å²) in [5.41, 5.74) is -0.427. The molecule has 1 amide bonds. The number of amides is 1. The number of carboxylic acids is 1. The van der Waals surface area contributed by atoms with Gasteiger partial charge in [0, 0.05) is 5.39 Å². The summed E-state index contributed by atoms with van der Waals surface area (Å²) in [5.74, 6) is -1.56. The van der Waals surface area contributed by atoms with Gasteiger partial charge in [-0.05, 0) is 25.5 Å². The van der Waals surface area contributed by atoms with Crippen molar-refractivity contribution in [3.8, 4) is 0 Å². The number of para-hydroxylation sites is 1. The van der Waals surface area contributed by atoms with E-state index in [2.05, 4.69) is 10.3 Å². The number of aliphatic carboxylic acids is 1. The Morgan fingerprint density at radius 3 is 2.67 bits per heavy atom. The highest BCUT2D eigenvalue weighted by Crippen LogP contribution is 2.22. The minimum atomic E-state index is -1.33. The molecule has 0 saturated heterocycles. The highest BCUT2D eigenvalue weighted by Gasteiger charge is 2.33. The molecule has 0 spiro atoms. The quantitative estimate of drug-likeness (QED) is 0.851. The summed E-state index contributed by atoms with van der Waals surface area (Å²) in [5, 5.41) is 12.6. The van der Waals surface area contributed by atoms with Gasteiger partial charge in [0.15, 0.2) is 0 Å². The molecule has 1 heterocycles. The maximum absolute atomic E-state index is 12.4. The van der Waals surface area contributed by atoms with E-state index in [1.807, 2.05) is 0 Å². The van der Waals surface area contributed by atoms with Crippen LogP contribution < -0.4 is 5.32 Å². The maximum atomic E-state index is 12.4. The van der Waals surface area contributed by atoms with Gasteiger partial charge in [-0.3, -0.25) is 4.79 Å². The fourth-order valence-electron chi connectivity index (χ4n) is 1.94. The molecule has 21 heavy (non-hydrogen) atoms. The lowest BCUT2D eigenvalue weighted by Gasteiger charge is -2.24. The molecule has 1 atom stereocenters. The predicted molar refractivity (Wildman–Crippen MR) is 80.6 cm³/mol. The summed E-state index contributed by atoms with van der Waals surface area (Å²) in [6, 6.07) is 8.51. The number of fused-ring (bicyclic) bond motifs is 1. The number of benzene rings is 1. The molecule has 0 saturated carbocycles. The van der Waals surface area contributed by atoms with Crippen LogP contribution in [0.2, 0.25) is 5.15 Å². The van der Waals surface area contributed by atoms with Crippen LogP contribution in [0.15, 0.2) is 30.3 Å². The van der Waals surface area contributed by atoms with E-state index in [9.17, 15) is 14.7 Å². The number of carbonyl (C=O) groups excluding carboxylic acids is 1. The summed E-state index contributed by atoms with van der Waals surface area (Å²) in [4.78, 5) is 27.9. The van der Waals surface area contributed by atoms with Crippen LogP contribution in [0.4, 0.5) is 0 Å². The summed E-state index contributed by atoms with van der Waals surface area (Å²) < 4.78 is 0. The first kappa shape index (κ1) is 15.3. The molecule has 2 N–H and O–H groups in total. The van der Waals surface area contributed by atoms with Gasteiger partial charge < -0.3 is 10.4 Å². The average molecular weight is 307 g/mol. The zero-order valence-electron chi connectivity index (χ0n) is 11.7. The molecule has 0 radical (unpaired) electrons. The second-order valence-corrected chi connectivity index (χ2v) is 5.34. The van der Waals surface area contributed by atoms with Gasteiger partial charge in [0.05, 0.1) is 11.1 Å². The van der Waals surface area contributed by atoms with E-state index < -0.39 is 17.4 Å². The third kappa shape index (κ3) is 2.97. The first-order chi connectivity index (χ1) is 9.87. The predicted octanol–water partition coefficient (Wildman–Crippen LogP) is 2.87. The van der Waals surface area contributed by atoms with Gasteiger partial charge in [0.1, 0.15) is 10.7 Å². The molecule has 1 aromatic carbocycles. The molecule has 0 bridgehead atoms. The average Bonchev–Trinajstić information content (AvgIpc) is 2.45. The molecule has 6 heteroatoms. The highest BCUT2D eigenvalue weighted by atomic mass is 35.5. The molecule has 0 fully saturated rings. The molecular weight excluding hydrogens is 292 g/mol. The molecular formula is C15H15ClN2O3. The standard InChI is InChI=1S/C15H15ClN2O3/c1-3-15(2,14(20)21)18-13(19)10-8-12(16)17-11-7-5-4-6-9(10)11/h4-8H,3H2,1-2H3,(H,18,19)(H,20,21). The Hall–Kier alpha value is -2.14. The zero-order valence-corrected chi connectivity index (χ0v) is 12.4. The molecule has 2 rings (SSSR count). The van der Waals surface area contributed by atoms with Crippen LogP contribution in [0.1, 0.15) is 30.6 Å². The molecule has 0 aliphatic rings. The Bertz CT molecular complexity index is 717. The van der Waals surface area contributed by atoms with Crippen LogP contribution in [0.25, 0.3) is 10.9 Å². The van der Waals surface area contributed by atoms with Crippen molar-refractivity contribution in [2.24, 2.45) is 0 Å². The largest absolute Gasteiger partial charge is 0.480 e. The van der Waals surface area contributed by atoms with Crippen molar-refractivity contribution in [3.63, 3.8) is 0 Å². The van der Waals surface area contributed by atoms with Gasteiger partial charge in [-0.15, -0.1) is 0 Å². The fourth-order valence-corrected chi connectivity index (χ4v) is 2.14. The number of aromatic nitrogens is 1. The lowest BCUT2D eigenvalue weighted by atomic mass is 9.98. The molecule has 1 aromatic heterocycles. The summed E-state index contributed by atoms with van der Waals surface area (Å²) in [6.45, 7) is 3.17. The first-order valence-electron chi connectivity index (χ1n) is 6.48. The van der Waals surface area contributed by atoms with Gasteiger partial charge in [-0.25, -0.2) is 9.78 Å². The van der Waals surface area contributed by atoms with Crippen LogP contribution in [0.3, 0.4) is 0 Å². The van der Waals surface area contributed by atoms with Gasteiger partial charge in [0.2, 0.25) is 0 Å². The fraction of sp³-hybridized carbons (Fsp3) is 0.267. The third-order valence-electron chi connectivity index (χ3n) is 3.50. The van der Waals surface area contributed by atoms with Crippen molar-refractivity contribution in [2.45, 2.75) is 25.8 Å². The minimum Gasteiger partial charge on any atom is -0.480 e. The SMILES string of the molecule is CCC(C)(NC(=O)c1cc(Cl)nc2ccccc12)C(=O)O. The second kappa shape index (κ2) is 5.69.